The van der Waals surface area contributed by atoms with Crippen molar-refractivity contribution < 1.29 is 19.6 Å². The summed E-state index contributed by atoms with van der Waals surface area (Å²) in [7, 11) is 0. The second kappa shape index (κ2) is 6.23. The topological polar surface area (TPSA) is 102 Å². The van der Waals surface area contributed by atoms with E-state index in [-0.39, 0.29) is 12.3 Å². The Hall–Kier alpha value is -1.93. The van der Waals surface area contributed by atoms with E-state index in [0.29, 0.717) is 11.3 Å². The summed E-state index contributed by atoms with van der Waals surface area (Å²) < 4.78 is 5.11. The molecule has 1 N–H and O–H groups in total. The van der Waals surface area contributed by atoms with Gasteiger partial charge in [-0.3, -0.25) is 15.1 Å². The van der Waals surface area contributed by atoms with Crippen LogP contribution in [0.1, 0.15) is 12.5 Å². The van der Waals surface area contributed by atoms with Crippen molar-refractivity contribution in [3.05, 3.63) is 39.9 Å². The molecule has 1 aliphatic heterocycles. The Morgan fingerprint density at radius 1 is 1.57 bits per heavy atom. The zero-order chi connectivity index (χ0) is 15.5. The summed E-state index contributed by atoms with van der Waals surface area (Å²) >= 11 is 1.33. The van der Waals surface area contributed by atoms with E-state index in [0.717, 1.165) is 0 Å². The number of benzene rings is 1. The predicted octanol–water partition coefficient (Wildman–Crippen LogP) is 1.53. The van der Waals surface area contributed by atoms with E-state index >= 15 is 0 Å². The fraction of sp³-hybridized carbons (Fsp3) is 0.385. The normalized spacial score (nSPS) is 24.6. The molecule has 0 aromatic heterocycles. The first-order valence-corrected chi connectivity index (χ1v) is 7.20. The van der Waals surface area contributed by atoms with Crippen LogP contribution in [0.3, 0.4) is 0 Å². The van der Waals surface area contributed by atoms with Crippen LogP contribution in [0.4, 0.5) is 5.69 Å². The van der Waals surface area contributed by atoms with Crippen LogP contribution in [-0.4, -0.2) is 38.9 Å². The number of aliphatic imine (C=N–C) groups is 1. The first-order valence-electron chi connectivity index (χ1n) is 6.16. The standard InChI is InChI=1S/C13H14N2O5S/c1-13(17)7-21-8-14-11(13)12(16)20-6-9-2-4-10(5-3-9)15(18)19/h2-5,8,11,17H,6-7H2,1H3. The number of esters is 1. The molecular formula is C13H14N2O5S. The molecule has 7 nitrogen and oxygen atoms in total. The molecule has 2 rings (SSSR count). The molecule has 0 radical (unpaired) electrons. The van der Waals surface area contributed by atoms with Gasteiger partial charge in [-0.1, -0.05) is 0 Å². The number of carbonyl (C=O) groups is 1. The van der Waals surface area contributed by atoms with Gasteiger partial charge in [-0.05, 0) is 24.6 Å². The number of nitrogens with zero attached hydrogens (tertiary/aromatic N) is 2. The van der Waals surface area contributed by atoms with Crippen molar-refractivity contribution in [1.29, 1.82) is 0 Å². The van der Waals surface area contributed by atoms with Crippen LogP contribution in [0.2, 0.25) is 0 Å². The van der Waals surface area contributed by atoms with Crippen molar-refractivity contribution >= 4 is 29.0 Å². The van der Waals surface area contributed by atoms with E-state index < -0.39 is 22.5 Å². The lowest BCUT2D eigenvalue weighted by atomic mass is 9.99. The molecule has 0 saturated carbocycles. The van der Waals surface area contributed by atoms with Gasteiger partial charge in [-0.25, -0.2) is 4.79 Å². The second-order valence-corrected chi connectivity index (χ2v) is 5.69. The lowest BCUT2D eigenvalue weighted by Crippen LogP contribution is -2.48. The van der Waals surface area contributed by atoms with Crippen molar-refractivity contribution in [2.45, 2.75) is 25.2 Å². The van der Waals surface area contributed by atoms with Crippen LogP contribution in [0.25, 0.3) is 0 Å². The third-order valence-electron chi connectivity index (χ3n) is 3.00. The summed E-state index contributed by atoms with van der Waals surface area (Å²) in [5.74, 6) is -0.247. The molecule has 0 saturated heterocycles. The Balaban J connectivity index is 1.96. The van der Waals surface area contributed by atoms with E-state index in [2.05, 4.69) is 4.99 Å². The molecule has 8 heteroatoms. The van der Waals surface area contributed by atoms with Gasteiger partial charge in [-0.15, -0.1) is 11.8 Å². The minimum atomic E-state index is -1.24. The molecule has 21 heavy (non-hydrogen) atoms. The molecule has 112 valence electrons. The highest BCUT2D eigenvalue weighted by Gasteiger charge is 2.40. The number of thioether (sulfide) groups is 1. The third kappa shape index (κ3) is 3.79. The van der Waals surface area contributed by atoms with E-state index in [4.69, 9.17) is 4.74 Å². The maximum Gasteiger partial charge on any atom is 0.334 e. The van der Waals surface area contributed by atoms with Crippen molar-refractivity contribution in [2.75, 3.05) is 5.75 Å². The number of ether oxygens (including phenoxy) is 1. The summed E-state index contributed by atoms with van der Waals surface area (Å²) in [6.45, 7) is 1.51. The first-order chi connectivity index (χ1) is 9.90. The number of carbonyl (C=O) groups excluding carboxylic acids is 1. The van der Waals surface area contributed by atoms with Crippen LogP contribution in [0.15, 0.2) is 29.3 Å². The summed E-state index contributed by atoms with van der Waals surface area (Å²) in [4.78, 5) is 25.9. The number of non-ortho nitro benzene ring substituents is 1. The largest absolute Gasteiger partial charge is 0.459 e. The minimum Gasteiger partial charge on any atom is -0.459 e. The van der Waals surface area contributed by atoms with Crippen molar-refractivity contribution in [3.8, 4) is 0 Å². The highest BCUT2D eigenvalue weighted by Crippen LogP contribution is 2.24. The van der Waals surface area contributed by atoms with Gasteiger partial charge in [-0.2, -0.15) is 0 Å². The van der Waals surface area contributed by atoms with Crippen LogP contribution in [0.5, 0.6) is 0 Å². The average molecular weight is 310 g/mol. The van der Waals surface area contributed by atoms with Crippen molar-refractivity contribution in [2.24, 2.45) is 4.99 Å². The number of hydrogen-bond acceptors (Lipinski definition) is 7. The number of rotatable bonds is 4. The quantitative estimate of drug-likeness (QED) is 0.514. The van der Waals surface area contributed by atoms with E-state index in [1.54, 1.807) is 0 Å². The third-order valence-corrected chi connectivity index (χ3v) is 4.02. The summed E-state index contributed by atoms with van der Waals surface area (Å²) in [6.07, 6.45) is 0. The number of aliphatic hydroxyl groups is 1. The van der Waals surface area contributed by atoms with Crippen LogP contribution < -0.4 is 0 Å². The zero-order valence-electron chi connectivity index (χ0n) is 11.3. The fourth-order valence-corrected chi connectivity index (χ4v) is 2.59. The van der Waals surface area contributed by atoms with Crippen molar-refractivity contribution in [3.63, 3.8) is 0 Å². The number of hydrogen-bond donors (Lipinski definition) is 1. The lowest BCUT2D eigenvalue weighted by Gasteiger charge is -2.30. The second-order valence-electron chi connectivity index (χ2n) is 4.86. The molecule has 0 aliphatic carbocycles. The highest BCUT2D eigenvalue weighted by atomic mass is 32.2. The molecule has 0 spiro atoms. The van der Waals surface area contributed by atoms with Gasteiger partial charge in [0.1, 0.15) is 12.2 Å². The van der Waals surface area contributed by atoms with Gasteiger partial charge in [0, 0.05) is 17.9 Å². The maximum absolute atomic E-state index is 11.9. The first kappa shape index (κ1) is 15.5. The molecule has 0 bridgehead atoms. The molecule has 0 fully saturated rings. The van der Waals surface area contributed by atoms with Crippen molar-refractivity contribution in [1.82, 2.24) is 0 Å². The Bertz CT molecular complexity index is 570. The van der Waals surface area contributed by atoms with Gasteiger partial charge in [0.15, 0.2) is 6.04 Å². The zero-order valence-corrected chi connectivity index (χ0v) is 12.1. The highest BCUT2D eigenvalue weighted by molar-refractivity contribution is 8.12. The monoisotopic (exact) mass is 310 g/mol. The fourth-order valence-electron chi connectivity index (χ4n) is 1.81. The van der Waals surface area contributed by atoms with Gasteiger partial charge in [0.2, 0.25) is 0 Å². The average Bonchev–Trinajstić information content (AvgIpc) is 2.44. The van der Waals surface area contributed by atoms with E-state index in [1.165, 1.54) is 48.5 Å². The Labute approximate surface area is 125 Å². The predicted molar refractivity (Wildman–Crippen MR) is 78.3 cm³/mol. The molecule has 1 aliphatic rings. The van der Waals surface area contributed by atoms with Gasteiger partial charge < -0.3 is 9.84 Å². The molecule has 1 heterocycles. The lowest BCUT2D eigenvalue weighted by molar-refractivity contribution is -0.384. The smallest absolute Gasteiger partial charge is 0.334 e. The number of nitro benzene ring substituents is 1. The maximum atomic E-state index is 11.9. The summed E-state index contributed by atoms with van der Waals surface area (Å²) in [6, 6.07) is 4.77. The van der Waals surface area contributed by atoms with Gasteiger partial charge >= 0.3 is 5.97 Å². The van der Waals surface area contributed by atoms with Crippen LogP contribution in [-0.2, 0) is 16.1 Å². The Morgan fingerprint density at radius 2 is 2.24 bits per heavy atom. The Morgan fingerprint density at radius 3 is 2.81 bits per heavy atom. The Kier molecular flexibility index (Phi) is 4.59. The van der Waals surface area contributed by atoms with Gasteiger partial charge in [0.05, 0.1) is 10.5 Å². The molecule has 2 unspecified atom stereocenters. The summed E-state index contributed by atoms with van der Waals surface area (Å²) in [5, 5.41) is 20.6. The molecule has 2 atom stereocenters. The molecule has 0 amide bonds. The molecule has 1 aromatic rings. The van der Waals surface area contributed by atoms with Crippen LogP contribution >= 0.6 is 11.8 Å². The number of nitro groups is 1. The minimum absolute atomic E-state index is 0.0218. The summed E-state index contributed by atoms with van der Waals surface area (Å²) in [5.41, 5.74) is 0.881. The van der Waals surface area contributed by atoms with E-state index in [9.17, 15) is 20.0 Å². The van der Waals surface area contributed by atoms with E-state index in [1.807, 2.05) is 0 Å². The van der Waals surface area contributed by atoms with Crippen LogP contribution in [0, 0.1) is 10.1 Å². The van der Waals surface area contributed by atoms with Gasteiger partial charge in [0.25, 0.3) is 5.69 Å². The molecular weight excluding hydrogens is 296 g/mol. The SMILES string of the molecule is CC1(O)CSC=NC1C(=O)OCc1ccc([N+](=O)[O-])cc1. The molecule has 1 aromatic carbocycles.